The molecule has 0 radical (unpaired) electrons. The molecule has 1 aliphatic rings. The molecule has 0 saturated heterocycles. The van der Waals surface area contributed by atoms with Crippen molar-refractivity contribution in [3.8, 4) is 11.6 Å². The van der Waals surface area contributed by atoms with Crippen molar-refractivity contribution >= 4 is 0 Å². The molecule has 0 unspecified atom stereocenters. The van der Waals surface area contributed by atoms with Crippen LogP contribution in [-0.2, 0) is 19.4 Å². The number of methoxy groups -OCH3 is 1. The summed E-state index contributed by atoms with van der Waals surface area (Å²) in [6.07, 6.45) is 3.48. The first-order valence-corrected chi connectivity index (χ1v) is 8.11. The summed E-state index contributed by atoms with van der Waals surface area (Å²) in [5.41, 5.74) is 3.60. The van der Waals surface area contributed by atoms with Gasteiger partial charge in [0.15, 0.2) is 0 Å². The molecule has 0 atom stereocenters. The minimum absolute atomic E-state index is 0.638. The summed E-state index contributed by atoms with van der Waals surface area (Å²) in [7, 11) is 1.69. The highest BCUT2D eigenvalue weighted by atomic mass is 16.5. The molecule has 0 N–H and O–H groups in total. The summed E-state index contributed by atoms with van der Waals surface area (Å²) in [6.45, 7) is 5.56. The lowest BCUT2D eigenvalue weighted by Crippen LogP contribution is -2.25. The number of hydrogen-bond acceptors (Lipinski definition) is 5. The second-order valence-corrected chi connectivity index (χ2v) is 5.66. The average molecular weight is 313 g/mol. The number of benzene rings is 1. The van der Waals surface area contributed by atoms with Crippen molar-refractivity contribution in [2.45, 2.75) is 26.3 Å². The highest BCUT2D eigenvalue weighted by Crippen LogP contribution is 2.23. The van der Waals surface area contributed by atoms with E-state index in [-0.39, 0.29) is 0 Å². The standard InChI is InChI=1S/C18H23N3O2/c1-3-23-18-16-8-10-21(11-9-17(16)19-13-20-18)12-14-4-6-15(22-2)7-5-14/h4-7,13H,3,8-12H2,1-2H3. The number of fused-ring (bicyclic) bond motifs is 1. The lowest BCUT2D eigenvalue weighted by atomic mass is 10.1. The van der Waals surface area contributed by atoms with E-state index >= 15 is 0 Å². The minimum atomic E-state index is 0.638. The molecule has 3 rings (SSSR count). The number of ether oxygens (including phenoxy) is 2. The average Bonchev–Trinajstić information content (AvgIpc) is 2.79. The smallest absolute Gasteiger partial charge is 0.219 e. The zero-order valence-electron chi connectivity index (χ0n) is 13.8. The van der Waals surface area contributed by atoms with Crippen molar-refractivity contribution in [2.24, 2.45) is 0 Å². The quantitative estimate of drug-likeness (QED) is 0.849. The first-order valence-electron chi connectivity index (χ1n) is 8.11. The van der Waals surface area contributed by atoms with Crippen molar-refractivity contribution in [3.63, 3.8) is 0 Å². The van der Waals surface area contributed by atoms with Crippen LogP contribution in [0.4, 0.5) is 0 Å². The molecule has 0 saturated carbocycles. The summed E-state index contributed by atoms with van der Waals surface area (Å²) < 4.78 is 10.9. The fourth-order valence-electron chi connectivity index (χ4n) is 2.95. The lowest BCUT2D eigenvalue weighted by Gasteiger charge is -2.19. The van der Waals surface area contributed by atoms with E-state index in [2.05, 4.69) is 27.0 Å². The van der Waals surface area contributed by atoms with Gasteiger partial charge in [-0.2, -0.15) is 0 Å². The Kier molecular flexibility index (Phi) is 5.08. The normalized spacial score (nSPS) is 14.9. The van der Waals surface area contributed by atoms with Crippen LogP contribution in [0.2, 0.25) is 0 Å². The van der Waals surface area contributed by atoms with Crippen molar-refractivity contribution < 1.29 is 9.47 Å². The van der Waals surface area contributed by atoms with Crippen molar-refractivity contribution in [1.29, 1.82) is 0 Å². The van der Waals surface area contributed by atoms with Gasteiger partial charge < -0.3 is 9.47 Å². The Morgan fingerprint density at radius 3 is 2.61 bits per heavy atom. The number of nitrogens with zero attached hydrogens (tertiary/aromatic N) is 3. The van der Waals surface area contributed by atoms with Gasteiger partial charge in [0, 0.05) is 31.6 Å². The third-order valence-corrected chi connectivity index (χ3v) is 4.18. The van der Waals surface area contributed by atoms with Crippen LogP contribution in [0.5, 0.6) is 11.6 Å². The van der Waals surface area contributed by atoms with Crippen LogP contribution in [-0.4, -0.2) is 41.7 Å². The second kappa shape index (κ2) is 7.42. The maximum atomic E-state index is 5.66. The van der Waals surface area contributed by atoms with Crippen molar-refractivity contribution in [1.82, 2.24) is 14.9 Å². The van der Waals surface area contributed by atoms with Gasteiger partial charge in [0.05, 0.1) is 19.4 Å². The Labute approximate surface area is 137 Å². The molecule has 122 valence electrons. The molecule has 5 heteroatoms. The van der Waals surface area contributed by atoms with Crippen LogP contribution < -0.4 is 9.47 Å². The summed E-state index contributed by atoms with van der Waals surface area (Å²) >= 11 is 0. The molecule has 23 heavy (non-hydrogen) atoms. The van der Waals surface area contributed by atoms with Crippen LogP contribution in [0, 0.1) is 0 Å². The Morgan fingerprint density at radius 2 is 1.87 bits per heavy atom. The Morgan fingerprint density at radius 1 is 1.09 bits per heavy atom. The van der Waals surface area contributed by atoms with Crippen LogP contribution >= 0.6 is 0 Å². The molecule has 0 spiro atoms. The van der Waals surface area contributed by atoms with E-state index in [1.807, 2.05) is 19.1 Å². The van der Waals surface area contributed by atoms with Gasteiger partial charge in [0.1, 0.15) is 12.1 Å². The minimum Gasteiger partial charge on any atom is -0.497 e. The van der Waals surface area contributed by atoms with Crippen LogP contribution in [0.25, 0.3) is 0 Å². The highest BCUT2D eigenvalue weighted by molar-refractivity contribution is 5.32. The molecule has 0 fully saturated rings. The SMILES string of the molecule is CCOc1ncnc2c1CCN(Cc1ccc(OC)cc1)CC2. The topological polar surface area (TPSA) is 47.5 Å². The maximum Gasteiger partial charge on any atom is 0.219 e. The first kappa shape index (κ1) is 15.7. The summed E-state index contributed by atoms with van der Waals surface area (Å²) in [5, 5.41) is 0. The number of hydrogen-bond donors (Lipinski definition) is 0. The van der Waals surface area contributed by atoms with Gasteiger partial charge in [-0.3, -0.25) is 4.90 Å². The predicted octanol–water partition coefficient (Wildman–Crippen LogP) is 2.48. The predicted molar refractivity (Wildman–Crippen MR) is 88.9 cm³/mol. The van der Waals surface area contributed by atoms with E-state index in [0.717, 1.165) is 49.8 Å². The molecule has 1 aromatic carbocycles. The summed E-state index contributed by atoms with van der Waals surface area (Å²) in [4.78, 5) is 11.2. The maximum absolute atomic E-state index is 5.66. The molecule has 0 aliphatic carbocycles. The zero-order chi connectivity index (χ0) is 16.1. The van der Waals surface area contributed by atoms with Gasteiger partial charge in [0.2, 0.25) is 5.88 Å². The van der Waals surface area contributed by atoms with E-state index in [0.29, 0.717) is 6.61 Å². The van der Waals surface area contributed by atoms with E-state index < -0.39 is 0 Å². The lowest BCUT2D eigenvalue weighted by molar-refractivity contribution is 0.277. The van der Waals surface area contributed by atoms with Crippen molar-refractivity contribution in [3.05, 3.63) is 47.4 Å². The van der Waals surface area contributed by atoms with E-state index in [1.165, 1.54) is 11.1 Å². The van der Waals surface area contributed by atoms with Crippen LogP contribution in [0.1, 0.15) is 23.7 Å². The van der Waals surface area contributed by atoms with Gasteiger partial charge in [-0.25, -0.2) is 9.97 Å². The van der Waals surface area contributed by atoms with Gasteiger partial charge in [-0.05, 0) is 31.0 Å². The number of aromatic nitrogens is 2. The molecule has 1 aliphatic heterocycles. The first-order chi connectivity index (χ1) is 11.3. The van der Waals surface area contributed by atoms with Gasteiger partial charge >= 0.3 is 0 Å². The fourth-order valence-corrected chi connectivity index (χ4v) is 2.95. The second-order valence-electron chi connectivity index (χ2n) is 5.66. The molecule has 2 aromatic rings. The molecular formula is C18H23N3O2. The van der Waals surface area contributed by atoms with Crippen LogP contribution in [0.3, 0.4) is 0 Å². The molecule has 2 heterocycles. The molecular weight excluding hydrogens is 290 g/mol. The van der Waals surface area contributed by atoms with Crippen molar-refractivity contribution in [2.75, 3.05) is 26.8 Å². The molecule has 1 aromatic heterocycles. The largest absolute Gasteiger partial charge is 0.497 e. The number of rotatable bonds is 5. The third kappa shape index (κ3) is 3.79. The van der Waals surface area contributed by atoms with Gasteiger partial charge in [-0.1, -0.05) is 12.1 Å². The molecule has 5 nitrogen and oxygen atoms in total. The summed E-state index contributed by atoms with van der Waals surface area (Å²) in [6, 6.07) is 8.28. The monoisotopic (exact) mass is 313 g/mol. The van der Waals surface area contributed by atoms with Crippen LogP contribution in [0.15, 0.2) is 30.6 Å². The Bertz CT molecular complexity index is 643. The summed E-state index contributed by atoms with van der Waals surface area (Å²) in [5.74, 6) is 1.65. The Balaban J connectivity index is 1.68. The van der Waals surface area contributed by atoms with Gasteiger partial charge in [0.25, 0.3) is 0 Å². The van der Waals surface area contributed by atoms with Gasteiger partial charge in [-0.15, -0.1) is 0 Å². The fraction of sp³-hybridized carbons (Fsp3) is 0.444. The Hall–Kier alpha value is -2.14. The zero-order valence-corrected chi connectivity index (χ0v) is 13.8. The molecule has 0 amide bonds. The third-order valence-electron chi connectivity index (χ3n) is 4.18. The van der Waals surface area contributed by atoms with E-state index in [4.69, 9.17) is 9.47 Å². The van der Waals surface area contributed by atoms with E-state index in [1.54, 1.807) is 13.4 Å². The van der Waals surface area contributed by atoms with E-state index in [9.17, 15) is 0 Å². The highest BCUT2D eigenvalue weighted by Gasteiger charge is 2.19. The molecule has 0 bridgehead atoms.